The van der Waals surface area contributed by atoms with Gasteiger partial charge in [0.25, 0.3) is 0 Å². The van der Waals surface area contributed by atoms with E-state index in [4.69, 9.17) is 4.42 Å². The van der Waals surface area contributed by atoms with Crippen LogP contribution in [-0.2, 0) is 12.0 Å². The Hall–Kier alpha value is -2.34. The normalized spacial score (nSPS) is 18.5. The van der Waals surface area contributed by atoms with Gasteiger partial charge in [0.1, 0.15) is 22.9 Å². The van der Waals surface area contributed by atoms with Crippen molar-refractivity contribution in [3.63, 3.8) is 0 Å². The number of nitrogens with one attached hydrogen (secondary N) is 2. The molecule has 2 unspecified atom stereocenters. The third-order valence-electron chi connectivity index (χ3n) is 4.71. The molecule has 1 aliphatic rings. The largest absolute Gasteiger partial charge is 0.466 e. The van der Waals surface area contributed by atoms with E-state index in [-0.39, 0.29) is 24.4 Å². The lowest BCUT2D eigenvalue weighted by molar-refractivity contribution is 0.0577. The number of fused-ring (bicyclic) bond motifs is 1. The molecule has 0 bridgehead atoms. The standard InChI is InChI=1S/C19H23FN2O3/c1-11-8-16(12(2)25-11)19(3,24)10-21-18(23)22-17-7-5-13-4-6-14(20)9-15(13)17/h4,6,8-9,17,24H,5,7,10H2,1-3H3,(H2,21,22,23). The lowest BCUT2D eigenvalue weighted by Crippen LogP contribution is -2.44. The van der Waals surface area contributed by atoms with Gasteiger partial charge in [0, 0.05) is 5.56 Å². The van der Waals surface area contributed by atoms with Crippen molar-refractivity contribution in [2.75, 3.05) is 6.54 Å². The molecular weight excluding hydrogens is 323 g/mol. The van der Waals surface area contributed by atoms with E-state index in [1.165, 1.54) is 12.1 Å². The summed E-state index contributed by atoms with van der Waals surface area (Å²) in [4.78, 5) is 12.2. The number of amides is 2. The van der Waals surface area contributed by atoms with E-state index in [2.05, 4.69) is 10.6 Å². The van der Waals surface area contributed by atoms with Gasteiger partial charge in [-0.3, -0.25) is 0 Å². The molecule has 3 N–H and O–H groups in total. The molecule has 0 saturated heterocycles. The molecular formula is C19H23FN2O3. The summed E-state index contributed by atoms with van der Waals surface area (Å²) in [5.41, 5.74) is 1.30. The van der Waals surface area contributed by atoms with Crippen molar-refractivity contribution in [1.29, 1.82) is 0 Å². The zero-order chi connectivity index (χ0) is 18.2. The fraction of sp³-hybridized carbons (Fsp3) is 0.421. The van der Waals surface area contributed by atoms with Crippen molar-refractivity contribution in [1.82, 2.24) is 10.6 Å². The molecule has 0 spiro atoms. The third-order valence-corrected chi connectivity index (χ3v) is 4.71. The molecule has 0 fully saturated rings. The molecule has 0 aliphatic heterocycles. The zero-order valence-electron chi connectivity index (χ0n) is 14.6. The minimum absolute atomic E-state index is 0.0430. The molecule has 1 aromatic carbocycles. The minimum Gasteiger partial charge on any atom is -0.466 e. The van der Waals surface area contributed by atoms with E-state index in [9.17, 15) is 14.3 Å². The fourth-order valence-electron chi connectivity index (χ4n) is 3.45. The summed E-state index contributed by atoms with van der Waals surface area (Å²) in [5, 5.41) is 16.2. The molecule has 0 saturated carbocycles. The predicted molar refractivity (Wildman–Crippen MR) is 91.7 cm³/mol. The van der Waals surface area contributed by atoms with Crippen LogP contribution in [0.3, 0.4) is 0 Å². The number of carbonyl (C=O) groups is 1. The van der Waals surface area contributed by atoms with E-state index in [0.717, 1.165) is 24.0 Å². The molecule has 2 aromatic rings. The number of carbonyl (C=O) groups excluding carboxylic acids is 1. The predicted octanol–water partition coefficient (Wildman–Crippen LogP) is 3.23. The van der Waals surface area contributed by atoms with Crippen LogP contribution in [0, 0.1) is 19.7 Å². The molecule has 6 heteroatoms. The number of benzene rings is 1. The molecule has 25 heavy (non-hydrogen) atoms. The Bertz CT molecular complexity index is 798. The Morgan fingerprint density at radius 1 is 1.40 bits per heavy atom. The van der Waals surface area contributed by atoms with Crippen LogP contribution in [0.2, 0.25) is 0 Å². The highest BCUT2D eigenvalue weighted by atomic mass is 19.1. The highest BCUT2D eigenvalue weighted by Gasteiger charge is 2.29. The fourth-order valence-corrected chi connectivity index (χ4v) is 3.45. The lowest BCUT2D eigenvalue weighted by Gasteiger charge is -2.24. The number of hydrogen-bond acceptors (Lipinski definition) is 3. The van der Waals surface area contributed by atoms with Gasteiger partial charge in [0.05, 0.1) is 12.6 Å². The summed E-state index contributed by atoms with van der Waals surface area (Å²) in [6.45, 7) is 5.26. The molecule has 134 valence electrons. The van der Waals surface area contributed by atoms with Crippen molar-refractivity contribution < 1.29 is 18.7 Å². The first-order valence-corrected chi connectivity index (χ1v) is 8.39. The topological polar surface area (TPSA) is 74.5 Å². The zero-order valence-corrected chi connectivity index (χ0v) is 14.6. The van der Waals surface area contributed by atoms with Crippen LogP contribution in [0.1, 0.15) is 47.6 Å². The van der Waals surface area contributed by atoms with Gasteiger partial charge >= 0.3 is 6.03 Å². The molecule has 2 amide bonds. The van der Waals surface area contributed by atoms with Gasteiger partial charge in [-0.2, -0.15) is 0 Å². The molecule has 3 rings (SSSR count). The van der Waals surface area contributed by atoms with E-state index < -0.39 is 5.60 Å². The summed E-state index contributed by atoms with van der Waals surface area (Å²) < 4.78 is 18.9. The lowest BCUT2D eigenvalue weighted by atomic mass is 9.96. The smallest absolute Gasteiger partial charge is 0.315 e. The number of halogens is 1. The Labute approximate surface area is 146 Å². The number of aliphatic hydroxyl groups is 1. The summed E-state index contributed by atoms with van der Waals surface area (Å²) in [7, 11) is 0. The van der Waals surface area contributed by atoms with Crippen LogP contribution >= 0.6 is 0 Å². The Morgan fingerprint density at radius 2 is 2.16 bits per heavy atom. The number of rotatable bonds is 4. The average Bonchev–Trinajstić information content (AvgIpc) is 3.09. The van der Waals surface area contributed by atoms with Crippen LogP contribution in [0.15, 0.2) is 28.7 Å². The first kappa shape index (κ1) is 17.5. The van der Waals surface area contributed by atoms with Gasteiger partial charge < -0.3 is 20.2 Å². The van der Waals surface area contributed by atoms with Gasteiger partial charge in [0.15, 0.2) is 0 Å². The molecule has 1 heterocycles. The maximum absolute atomic E-state index is 13.4. The average molecular weight is 346 g/mol. The minimum atomic E-state index is -1.24. The Morgan fingerprint density at radius 3 is 2.84 bits per heavy atom. The van der Waals surface area contributed by atoms with Crippen LogP contribution < -0.4 is 10.6 Å². The van der Waals surface area contributed by atoms with Crippen molar-refractivity contribution in [3.05, 3.63) is 58.3 Å². The maximum atomic E-state index is 13.4. The SMILES string of the molecule is Cc1cc(C(C)(O)CNC(=O)NC2CCc3ccc(F)cc32)c(C)o1. The monoisotopic (exact) mass is 346 g/mol. The van der Waals surface area contributed by atoms with Crippen LogP contribution in [0.4, 0.5) is 9.18 Å². The van der Waals surface area contributed by atoms with Crippen molar-refractivity contribution in [2.24, 2.45) is 0 Å². The molecule has 1 aliphatic carbocycles. The van der Waals surface area contributed by atoms with E-state index in [0.29, 0.717) is 17.1 Å². The second-order valence-electron chi connectivity index (χ2n) is 6.86. The van der Waals surface area contributed by atoms with E-state index in [1.807, 2.05) is 6.92 Å². The molecule has 5 nitrogen and oxygen atoms in total. The number of furan rings is 1. The summed E-state index contributed by atoms with van der Waals surface area (Å²) in [6, 6.07) is 5.84. The first-order valence-electron chi connectivity index (χ1n) is 8.39. The van der Waals surface area contributed by atoms with Gasteiger partial charge in [-0.1, -0.05) is 6.07 Å². The summed E-state index contributed by atoms with van der Waals surface area (Å²) in [6.07, 6.45) is 1.55. The number of hydrogen-bond donors (Lipinski definition) is 3. The molecule has 1 aromatic heterocycles. The second kappa shape index (κ2) is 6.52. The highest BCUT2D eigenvalue weighted by molar-refractivity contribution is 5.74. The summed E-state index contributed by atoms with van der Waals surface area (Å²) >= 11 is 0. The van der Waals surface area contributed by atoms with Gasteiger partial charge in [-0.25, -0.2) is 9.18 Å². The molecule has 2 atom stereocenters. The Balaban J connectivity index is 1.61. The second-order valence-corrected chi connectivity index (χ2v) is 6.86. The van der Waals surface area contributed by atoms with Crippen molar-refractivity contribution in [3.8, 4) is 0 Å². The number of aryl methyl sites for hydroxylation is 3. The number of urea groups is 1. The first-order chi connectivity index (χ1) is 11.8. The maximum Gasteiger partial charge on any atom is 0.315 e. The Kier molecular flexibility index (Phi) is 4.56. The van der Waals surface area contributed by atoms with Crippen molar-refractivity contribution in [2.45, 2.75) is 45.3 Å². The van der Waals surface area contributed by atoms with Crippen LogP contribution in [-0.4, -0.2) is 17.7 Å². The third kappa shape index (κ3) is 3.69. The molecule has 0 radical (unpaired) electrons. The quantitative estimate of drug-likeness (QED) is 0.796. The van der Waals surface area contributed by atoms with E-state index >= 15 is 0 Å². The summed E-state index contributed by atoms with van der Waals surface area (Å²) in [5.74, 6) is 1.04. The van der Waals surface area contributed by atoms with Gasteiger partial charge in [0.2, 0.25) is 0 Å². The van der Waals surface area contributed by atoms with Crippen molar-refractivity contribution >= 4 is 6.03 Å². The van der Waals surface area contributed by atoms with Gasteiger partial charge in [-0.05, 0) is 62.9 Å². The van der Waals surface area contributed by atoms with Crippen LogP contribution in [0.25, 0.3) is 0 Å². The van der Waals surface area contributed by atoms with Gasteiger partial charge in [-0.15, -0.1) is 0 Å². The highest BCUT2D eigenvalue weighted by Crippen LogP contribution is 2.31. The van der Waals surface area contributed by atoms with E-state index in [1.54, 1.807) is 26.0 Å². The van der Waals surface area contributed by atoms with Crippen LogP contribution in [0.5, 0.6) is 0 Å².